The highest BCUT2D eigenvalue weighted by Gasteiger charge is 2.18. The Morgan fingerprint density at radius 2 is 2.14 bits per heavy atom. The maximum atomic E-state index is 11.9. The highest BCUT2D eigenvalue weighted by atomic mass is 16.5. The molecule has 1 aromatic carbocycles. The molecule has 2 aromatic heterocycles. The summed E-state index contributed by atoms with van der Waals surface area (Å²) in [6, 6.07) is 9.26. The van der Waals surface area contributed by atoms with Crippen molar-refractivity contribution >= 4 is 16.9 Å². The quantitative estimate of drug-likeness (QED) is 0.720. The first-order valence-electron chi connectivity index (χ1n) is 6.53. The lowest BCUT2D eigenvalue weighted by atomic mass is 10.1. The molecule has 0 unspecified atom stereocenters. The average molecular weight is 283 g/mol. The van der Waals surface area contributed by atoms with Crippen LogP contribution in [0, 0.1) is 0 Å². The van der Waals surface area contributed by atoms with Gasteiger partial charge in [-0.15, -0.1) is 0 Å². The summed E-state index contributed by atoms with van der Waals surface area (Å²) in [5.74, 6) is -0.558. The van der Waals surface area contributed by atoms with Gasteiger partial charge in [-0.3, -0.25) is 9.97 Å². The maximum absolute atomic E-state index is 11.9. The van der Waals surface area contributed by atoms with Crippen molar-refractivity contribution in [3.63, 3.8) is 0 Å². The van der Waals surface area contributed by atoms with Crippen molar-refractivity contribution in [2.24, 2.45) is 0 Å². The highest BCUT2D eigenvalue weighted by Crippen LogP contribution is 2.23. The van der Waals surface area contributed by atoms with E-state index in [1.807, 2.05) is 24.3 Å². The molecule has 0 saturated heterocycles. The van der Waals surface area contributed by atoms with Gasteiger partial charge in [0.05, 0.1) is 17.8 Å². The number of imidazole rings is 1. The monoisotopic (exact) mass is 283 g/mol. The second kappa shape index (κ2) is 5.24. The molecule has 0 saturated carbocycles. The van der Waals surface area contributed by atoms with Crippen LogP contribution >= 0.6 is 0 Å². The molecular weight excluding hydrogens is 270 g/mol. The van der Waals surface area contributed by atoms with Gasteiger partial charge in [-0.25, -0.2) is 9.59 Å². The molecule has 2 N–H and O–H groups in total. The molecule has 0 aliphatic heterocycles. The standard InChI is InChI=1S/C15H13N3O3/c1-2-21-14(19)13-12(17-15(20)18-13)10-5-6-11-9(8-10)4-3-7-16-11/h3-8H,2H2,1H3,(H2,17,18,20). The summed E-state index contributed by atoms with van der Waals surface area (Å²) in [5, 5.41) is 0.923. The molecule has 21 heavy (non-hydrogen) atoms. The number of nitrogens with one attached hydrogen (secondary N) is 2. The number of nitrogens with zero attached hydrogens (tertiary/aromatic N) is 1. The van der Waals surface area contributed by atoms with E-state index in [1.165, 1.54) is 0 Å². The zero-order valence-electron chi connectivity index (χ0n) is 11.3. The SMILES string of the molecule is CCOC(=O)c1[nH]c(=O)[nH]c1-c1ccc2ncccc2c1. The number of aromatic amines is 2. The lowest BCUT2D eigenvalue weighted by molar-refractivity contribution is 0.0521. The van der Waals surface area contributed by atoms with Crippen molar-refractivity contribution in [2.75, 3.05) is 6.61 Å². The number of rotatable bonds is 3. The third kappa shape index (κ3) is 2.43. The Bertz CT molecular complexity index is 864. The fourth-order valence-corrected chi connectivity index (χ4v) is 2.19. The minimum Gasteiger partial charge on any atom is -0.461 e. The molecule has 2 heterocycles. The smallest absolute Gasteiger partial charge is 0.357 e. The van der Waals surface area contributed by atoms with Crippen molar-refractivity contribution in [3.8, 4) is 11.3 Å². The molecule has 0 atom stereocenters. The van der Waals surface area contributed by atoms with Crippen LogP contribution in [-0.4, -0.2) is 27.5 Å². The Morgan fingerprint density at radius 3 is 2.95 bits per heavy atom. The molecule has 3 aromatic rings. The van der Waals surface area contributed by atoms with Gasteiger partial charge in [0.1, 0.15) is 0 Å². The topological polar surface area (TPSA) is 87.8 Å². The maximum Gasteiger partial charge on any atom is 0.357 e. The zero-order valence-corrected chi connectivity index (χ0v) is 11.3. The van der Waals surface area contributed by atoms with Crippen LogP contribution in [0.1, 0.15) is 17.4 Å². The van der Waals surface area contributed by atoms with E-state index in [1.54, 1.807) is 19.2 Å². The van der Waals surface area contributed by atoms with Crippen LogP contribution in [0.4, 0.5) is 0 Å². The van der Waals surface area contributed by atoms with Crippen LogP contribution < -0.4 is 5.69 Å². The number of hydrogen-bond acceptors (Lipinski definition) is 4. The molecule has 6 nitrogen and oxygen atoms in total. The summed E-state index contributed by atoms with van der Waals surface area (Å²) in [4.78, 5) is 32.8. The van der Waals surface area contributed by atoms with Gasteiger partial charge in [-0.2, -0.15) is 0 Å². The summed E-state index contributed by atoms with van der Waals surface area (Å²) < 4.78 is 4.95. The minimum atomic E-state index is -0.558. The number of carbonyl (C=O) groups excluding carboxylic acids is 1. The van der Waals surface area contributed by atoms with Gasteiger partial charge >= 0.3 is 11.7 Å². The number of hydrogen-bond donors (Lipinski definition) is 2. The molecule has 3 rings (SSSR count). The second-order valence-corrected chi connectivity index (χ2v) is 4.46. The number of aromatic nitrogens is 3. The molecule has 0 fully saturated rings. The van der Waals surface area contributed by atoms with E-state index in [4.69, 9.17) is 4.74 Å². The van der Waals surface area contributed by atoms with Crippen LogP contribution in [0.2, 0.25) is 0 Å². The molecular formula is C15H13N3O3. The largest absolute Gasteiger partial charge is 0.461 e. The Kier molecular flexibility index (Phi) is 3.27. The number of fused-ring (bicyclic) bond motifs is 1. The van der Waals surface area contributed by atoms with Crippen LogP contribution in [0.15, 0.2) is 41.3 Å². The van der Waals surface area contributed by atoms with E-state index in [-0.39, 0.29) is 12.3 Å². The number of benzene rings is 1. The molecule has 0 bridgehead atoms. The molecule has 106 valence electrons. The van der Waals surface area contributed by atoms with Crippen molar-refractivity contribution in [2.45, 2.75) is 6.92 Å². The summed E-state index contributed by atoms with van der Waals surface area (Å²) in [7, 11) is 0. The van der Waals surface area contributed by atoms with Gasteiger partial charge in [0.25, 0.3) is 0 Å². The third-order valence-corrected chi connectivity index (χ3v) is 3.10. The highest BCUT2D eigenvalue weighted by molar-refractivity contribution is 5.95. The van der Waals surface area contributed by atoms with E-state index in [9.17, 15) is 9.59 Å². The van der Waals surface area contributed by atoms with Crippen LogP contribution in [0.5, 0.6) is 0 Å². The number of esters is 1. The van der Waals surface area contributed by atoms with Crippen LogP contribution in [0.25, 0.3) is 22.2 Å². The second-order valence-electron chi connectivity index (χ2n) is 4.46. The van der Waals surface area contributed by atoms with Gasteiger partial charge in [-0.05, 0) is 25.1 Å². The first-order chi connectivity index (χ1) is 10.2. The molecule has 0 aliphatic rings. The first-order valence-corrected chi connectivity index (χ1v) is 6.53. The first kappa shape index (κ1) is 13.1. The van der Waals surface area contributed by atoms with E-state index in [2.05, 4.69) is 15.0 Å². The fourth-order valence-electron chi connectivity index (χ4n) is 2.19. The predicted molar refractivity (Wildman–Crippen MR) is 78.1 cm³/mol. The van der Waals surface area contributed by atoms with Crippen LogP contribution in [-0.2, 0) is 4.74 Å². The third-order valence-electron chi connectivity index (χ3n) is 3.10. The number of pyridine rings is 1. The van der Waals surface area contributed by atoms with Crippen molar-refractivity contribution in [1.29, 1.82) is 0 Å². The van der Waals surface area contributed by atoms with Crippen LogP contribution in [0.3, 0.4) is 0 Å². The van der Waals surface area contributed by atoms with Crippen molar-refractivity contribution in [3.05, 3.63) is 52.7 Å². The van der Waals surface area contributed by atoms with E-state index in [0.717, 1.165) is 16.5 Å². The van der Waals surface area contributed by atoms with Gasteiger partial charge in [0, 0.05) is 17.1 Å². The number of carbonyl (C=O) groups is 1. The Balaban J connectivity index is 2.14. The zero-order chi connectivity index (χ0) is 14.8. The van der Waals surface area contributed by atoms with Gasteiger partial charge in [0.2, 0.25) is 0 Å². The van der Waals surface area contributed by atoms with Gasteiger partial charge in [-0.1, -0.05) is 12.1 Å². The normalized spacial score (nSPS) is 10.7. The summed E-state index contributed by atoms with van der Waals surface area (Å²) in [6.07, 6.45) is 1.71. The summed E-state index contributed by atoms with van der Waals surface area (Å²) in [6.45, 7) is 1.96. The Morgan fingerprint density at radius 1 is 1.29 bits per heavy atom. The molecule has 0 aliphatic carbocycles. The molecule has 0 amide bonds. The Hall–Kier alpha value is -2.89. The van der Waals surface area contributed by atoms with E-state index in [0.29, 0.717) is 5.69 Å². The van der Waals surface area contributed by atoms with Crippen molar-refractivity contribution in [1.82, 2.24) is 15.0 Å². The van der Waals surface area contributed by atoms with Gasteiger partial charge < -0.3 is 9.72 Å². The Labute approximate surface area is 119 Å². The number of H-pyrrole nitrogens is 2. The average Bonchev–Trinajstić information content (AvgIpc) is 2.89. The fraction of sp³-hybridized carbons (Fsp3) is 0.133. The van der Waals surface area contributed by atoms with E-state index >= 15 is 0 Å². The van der Waals surface area contributed by atoms with Gasteiger partial charge in [0.15, 0.2) is 5.69 Å². The molecule has 0 radical (unpaired) electrons. The lowest BCUT2D eigenvalue weighted by Gasteiger charge is -2.04. The predicted octanol–water partition coefficient (Wildman–Crippen LogP) is 2.09. The van der Waals surface area contributed by atoms with Crippen molar-refractivity contribution < 1.29 is 9.53 Å². The lowest BCUT2D eigenvalue weighted by Crippen LogP contribution is -2.08. The summed E-state index contributed by atoms with van der Waals surface area (Å²) >= 11 is 0. The minimum absolute atomic E-state index is 0.130. The number of ether oxygens (including phenoxy) is 1. The summed E-state index contributed by atoms with van der Waals surface area (Å²) in [5.41, 5.74) is 1.67. The molecule has 0 spiro atoms. The van der Waals surface area contributed by atoms with E-state index < -0.39 is 11.7 Å². The molecule has 6 heteroatoms.